The summed E-state index contributed by atoms with van der Waals surface area (Å²) >= 11 is 0. The Balaban J connectivity index is 1.30. The van der Waals surface area contributed by atoms with Crippen molar-refractivity contribution < 1.29 is 18.9 Å². The fourth-order valence-electron chi connectivity index (χ4n) is 4.27. The van der Waals surface area contributed by atoms with E-state index >= 15 is 0 Å². The fraction of sp³-hybridized carbons (Fsp3) is 0.286. The molecule has 1 aliphatic heterocycles. The van der Waals surface area contributed by atoms with Gasteiger partial charge in [0, 0.05) is 54.3 Å². The molecule has 2 aromatic heterocycles. The van der Waals surface area contributed by atoms with Gasteiger partial charge in [0.15, 0.2) is 11.5 Å². The molecule has 0 bridgehead atoms. The second-order valence-corrected chi connectivity index (χ2v) is 8.60. The first-order valence-corrected chi connectivity index (χ1v) is 12.3. The van der Waals surface area contributed by atoms with Gasteiger partial charge >= 0.3 is 0 Å². The Hall–Kier alpha value is -4.24. The number of ether oxygens (including phenoxy) is 4. The number of H-pyrrole nitrogens is 1. The Morgan fingerprint density at radius 2 is 1.89 bits per heavy atom. The van der Waals surface area contributed by atoms with Crippen molar-refractivity contribution >= 4 is 28.6 Å². The van der Waals surface area contributed by atoms with Crippen molar-refractivity contribution in [3.05, 3.63) is 71.9 Å². The molecule has 0 atom stereocenters. The Bertz CT molecular complexity index is 1360. The number of anilines is 2. The van der Waals surface area contributed by atoms with E-state index in [9.17, 15) is 0 Å². The summed E-state index contributed by atoms with van der Waals surface area (Å²) < 4.78 is 22.3. The quantitative estimate of drug-likeness (QED) is 0.244. The molecule has 192 valence electrons. The van der Waals surface area contributed by atoms with E-state index in [4.69, 9.17) is 23.9 Å². The van der Waals surface area contributed by atoms with Gasteiger partial charge in [0.05, 0.1) is 45.9 Å². The lowest BCUT2D eigenvalue weighted by Gasteiger charge is -2.28. The maximum atomic E-state index is 6.08. The number of rotatable bonds is 10. The molecule has 1 saturated heterocycles. The smallest absolute Gasteiger partial charge is 0.217 e. The summed E-state index contributed by atoms with van der Waals surface area (Å²) in [6, 6.07) is 17.9. The molecule has 37 heavy (non-hydrogen) atoms. The molecule has 0 spiro atoms. The first-order chi connectivity index (χ1) is 18.2. The molecule has 0 aliphatic carbocycles. The Morgan fingerprint density at radius 3 is 2.73 bits per heavy atom. The molecular formula is C28H31N5O4. The zero-order chi connectivity index (χ0) is 25.5. The highest BCUT2D eigenvalue weighted by molar-refractivity contribution is 5.99. The van der Waals surface area contributed by atoms with Gasteiger partial charge < -0.3 is 28.8 Å². The lowest BCUT2D eigenvalue weighted by molar-refractivity contribution is 0.122. The van der Waals surface area contributed by atoms with Crippen LogP contribution in [0.1, 0.15) is 11.1 Å². The molecule has 1 aliphatic rings. The number of para-hydroxylation sites is 1. The summed E-state index contributed by atoms with van der Waals surface area (Å²) in [5.74, 6) is 2.77. The van der Waals surface area contributed by atoms with Gasteiger partial charge in [-0.1, -0.05) is 24.3 Å². The Morgan fingerprint density at radius 1 is 1.05 bits per heavy atom. The number of aromatic amines is 1. The Kier molecular flexibility index (Phi) is 7.71. The average molecular weight is 502 g/mol. The number of morpholine rings is 1. The van der Waals surface area contributed by atoms with Crippen molar-refractivity contribution in [1.29, 1.82) is 0 Å². The van der Waals surface area contributed by atoms with Crippen molar-refractivity contribution in [2.45, 2.75) is 6.42 Å². The molecule has 3 heterocycles. The molecule has 0 radical (unpaired) electrons. The molecule has 4 aromatic rings. The van der Waals surface area contributed by atoms with E-state index in [1.54, 1.807) is 14.2 Å². The average Bonchev–Trinajstić information content (AvgIpc) is 3.36. The van der Waals surface area contributed by atoms with E-state index in [0.717, 1.165) is 46.6 Å². The van der Waals surface area contributed by atoms with Crippen LogP contribution < -0.4 is 24.5 Å². The number of benzene rings is 2. The molecule has 5 rings (SSSR count). The van der Waals surface area contributed by atoms with Gasteiger partial charge in [0.1, 0.15) is 5.82 Å². The third-order valence-corrected chi connectivity index (χ3v) is 6.23. The summed E-state index contributed by atoms with van der Waals surface area (Å²) in [4.78, 5) is 10.2. The largest absolute Gasteiger partial charge is 0.493 e. The molecule has 9 nitrogen and oxygen atoms in total. The van der Waals surface area contributed by atoms with Crippen LogP contribution in [0.5, 0.6) is 17.4 Å². The zero-order valence-corrected chi connectivity index (χ0v) is 21.1. The van der Waals surface area contributed by atoms with Gasteiger partial charge in [0.25, 0.3) is 0 Å². The number of methoxy groups -OCH3 is 2. The second kappa shape index (κ2) is 11.7. The van der Waals surface area contributed by atoms with Gasteiger partial charge in [-0.15, -0.1) is 0 Å². The highest BCUT2D eigenvalue weighted by atomic mass is 16.5. The predicted octanol–water partition coefficient (Wildman–Crippen LogP) is 4.48. The van der Waals surface area contributed by atoms with Crippen molar-refractivity contribution in [2.75, 3.05) is 57.5 Å². The first kappa shape index (κ1) is 24.5. The lowest BCUT2D eigenvalue weighted by atomic mass is 10.1. The molecule has 0 saturated carbocycles. The van der Waals surface area contributed by atoms with Gasteiger partial charge in [-0.2, -0.15) is 10.1 Å². The number of aromatic nitrogens is 2. The normalized spacial score (nSPS) is 13.7. The van der Waals surface area contributed by atoms with Crippen LogP contribution in [0.4, 0.5) is 11.5 Å². The van der Waals surface area contributed by atoms with E-state index in [2.05, 4.69) is 26.5 Å². The minimum absolute atomic E-state index is 0.465. The SMILES string of the molecule is COc1ccc(CCOc2cc(N/N=C\c3c[nH]c4ccccc34)cc(N3CCOCC3)n2)cc1OC. The van der Waals surface area contributed by atoms with Gasteiger partial charge in [-0.05, 0) is 23.8 Å². The molecule has 2 aromatic carbocycles. The standard InChI is InChI=1S/C28H31N5O4/c1-34-25-8-7-20(15-26(25)35-2)9-12-37-28-17-22(16-27(31-28)33-10-13-36-14-11-33)32-30-19-21-18-29-24-6-4-3-5-23(21)24/h3-8,15-19,29H,9-14H2,1-2H3,(H,31,32)/b30-19-. The second-order valence-electron chi connectivity index (χ2n) is 8.60. The van der Waals surface area contributed by atoms with Gasteiger partial charge in [-0.3, -0.25) is 5.43 Å². The number of pyridine rings is 1. The minimum atomic E-state index is 0.465. The van der Waals surface area contributed by atoms with E-state index in [1.807, 2.05) is 60.9 Å². The maximum absolute atomic E-state index is 6.08. The molecular weight excluding hydrogens is 470 g/mol. The summed E-state index contributed by atoms with van der Waals surface area (Å²) in [6.45, 7) is 3.37. The maximum Gasteiger partial charge on any atom is 0.217 e. The van der Waals surface area contributed by atoms with Crippen LogP contribution >= 0.6 is 0 Å². The third-order valence-electron chi connectivity index (χ3n) is 6.23. The summed E-state index contributed by atoms with van der Waals surface area (Å²) in [7, 11) is 3.26. The van der Waals surface area contributed by atoms with Gasteiger partial charge in [0.2, 0.25) is 5.88 Å². The minimum Gasteiger partial charge on any atom is -0.493 e. The number of hydrogen-bond donors (Lipinski definition) is 2. The number of nitrogens with zero attached hydrogens (tertiary/aromatic N) is 3. The fourth-order valence-corrected chi connectivity index (χ4v) is 4.27. The van der Waals surface area contributed by atoms with Crippen molar-refractivity contribution in [2.24, 2.45) is 5.10 Å². The molecule has 2 N–H and O–H groups in total. The van der Waals surface area contributed by atoms with Crippen LogP contribution in [0.2, 0.25) is 0 Å². The number of fused-ring (bicyclic) bond motifs is 1. The van der Waals surface area contributed by atoms with E-state index < -0.39 is 0 Å². The predicted molar refractivity (Wildman–Crippen MR) is 146 cm³/mol. The summed E-state index contributed by atoms with van der Waals surface area (Å²) in [6.07, 6.45) is 4.46. The lowest BCUT2D eigenvalue weighted by Crippen LogP contribution is -2.36. The first-order valence-electron chi connectivity index (χ1n) is 12.3. The van der Waals surface area contributed by atoms with Crippen molar-refractivity contribution in [3.63, 3.8) is 0 Å². The third kappa shape index (κ3) is 5.95. The molecule has 0 amide bonds. The van der Waals surface area contributed by atoms with E-state index in [-0.39, 0.29) is 0 Å². The van der Waals surface area contributed by atoms with Crippen molar-refractivity contribution in [3.8, 4) is 17.4 Å². The van der Waals surface area contributed by atoms with Crippen LogP contribution in [-0.4, -0.2) is 63.3 Å². The zero-order valence-electron chi connectivity index (χ0n) is 21.1. The molecule has 1 fully saturated rings. The molecule has 0 unspecified atom stereocenters. The van der Waals surface area contributed by atoms with E-state index in [1.165, 1.54) is 0 Å². The topological polar surface area (TPSA) is 93.2 Å². The van der Waals surface area contributed by atoms with Crippen LogP contribution in [0.3, 0.4) is 0 Å². The number of nitrogens with one attached hydrogen (secondary N) is 2. The highest BCUT2D eigenvalue weighted by Crippen LogP contribution is 2.28. The monoisotopic (exact) mass is 501 g/mol. The Labute approximate surface area is 216 Å². The van der Waals surface area contributed by atoms with Crippen LogP contribution in [0.25, 0.3) is 10.9 Å². The van der Waals surface area contributed by atoms with Crippen molar-refractivity contribution in [1.82, 2.24) is 9.97 Å². The molecule has 9 heteroatoms. The number of hydrogen-bond acceptors (Lipinski definition) is 8. The summed E-state index contributed by atoms with van der Waals surface area (Å²) in [5, 5.41) is 5.60. The van der Waals surface area contributed by atoms with Crippen LogP contribution in [0, 0.1) is 0 Å². The van der Waals surface area contributed by atoms with Gasteiger partial charge in [-0.25, -0.2) is 0 Å². The van der Waals surface area contributed by atoms with Crippen LogP contribution in [-0.2, 0) is 11.2 Å². The van der Waals surface area contributed by atoms with Crippen LogP contribution in [0.15, 0.2) is 65.9 Å². The summed E-state index contributed by atoms with van der Waals surface area (Å²) in [5.41, 5.74) is 7.12. The van der Waals surface area contributed by atoms with E-state index in [0.29, 0.717) is 43.6 Å². The number of hydrazone groups is 1. The highest BCUT2D eigenvalue weighted by Gasteiger charge is 2.15.